The van der Waals surface area contributed by atoms with Crippen molar-refractivity contribution in [1.82, 2.24) is 14.7 Å². The Morgan fingerprint density at radius 3 is 2.58 bits per heavy atom. The zero-order valence-electron chi connectivity index (χ0n) is 11.0. The maximum atomic E-state index is 13.0. The number of nitrogens with zero attached hydrogens (tertiary/aromatic N) is 3. The van der Waals surface area contributed by atoms with Gasteiger partial charge in [-0.1, -0.05) is 0 Å². The van der Waals surface area contributed by atoms with E-state index in [1.807, 2.05) is 0 Å². The lowest BCUT2D eigenvalue weighted by Gasteiger charge is -2.14. The molecule has 0 aromatic carbocycles. The van der Waals surface area contributed by atoms with Gasteiger partial charge in [-0.15, -0.1) is 0 Å². The first kappa shape index (κ1) is 15.5. The highest BCUT2D eigenvalue weighted by Crippen LogP contribution is 2.32. The van der Waals surface area contributed by atoms with Crippen LogP contribution in [0.3, 0.4) is 0 Å². The third-order valence-corrected chi connectivity index (χ3v) is 2.36. The maximum absolute atomic E-state index is 13.0. The molecule has 1 heterocycles. The highest BCUT2D eigenvalue weighted by Gasteiger charge is 2.40. The molecule has 0 saturated heterocycles. The second kappa shape index (κ2) is 6.05. The average Bonchev–Trinajstić information content (AvgIpc) is 2.70. The Labute approximate surface area is 108 Å². The summed E-state index contributed by atoms with van der Waals surface area (Å²) in [5.41, 5.74) is -1.61. The molecule has 8 heteroatoms. The zero-order valence-corrected chi connectivity index (χ0v) is 11.0. The van der Waals surface area contributed by atoms with Gasteiger partial charge < -0.3 is 9.64 Å². The predicted molar refractivity (Wildman–Crippen MR) is 61.7 cm³/mol. The van der Waals surface area contributed by atoms with Crippen molar-refractivity contribution in [2.24, 2.45) is 0 Å². The second-order valence-corrected chi connectivity index (χ2v) is 4.15. The van der Waals surface area contributed by atoms with E-state index in [1.54, 1.807) is 19.0 Å². The van der Waals surface area contributed by atoms with Crippen LogP contribution >= 0.6 is 0 Å². The zero-order chi connectivity index (χ0) is 14.6. The van der Waals surface area contributed by atoms with E-state index < -0.39 is 23.4 Å². The number of rotatable bonds is 5. The number of carbonyl (C=O) groups is 1. The largest absolute Gasteiger partial charge is 0.462 e. The maximum Gasteiger partial charge on any atom is 0.433 e. The molecule has 1 rings (SSSR count). The van der Waals surface area contributed by atoms with E-state index in [9.17, 15) is 18.0 Å². The lowest BCUT2D eigenvalue weighted by atomic mass is 10.2. The first-order valence-corrected chi connectivity index (χ1v) is 5.72. The number of carbonyl (C=O) groups excluding carboxylic acids is 1. The number of likely N-dealkylation sites (N-methyl/N-ethyl adjacent to an activating group) is 1. The number of ether oxygens (including phenoxy) is 1. The number of esters is 1. The standard InChI is InChI=1S/C11H16F3N3O2/c1-4-19-10(18)8-7-15-17(6-5-16(2)3)9(8)11(12,13)14/h7H,4-6H2,1-3H3. The Morgan fingerprint density at radius 2 is 2.11 bits per heavy atom. The Bertz CT molecular complexity index is 441. The number of hydrogen-bond acceptors (Lipinski definition) is 4. The van der Waals surface area contributed by atoms with Crippen LogP contribution in [0.5, 0.6) is 0 Å². The van der Waals surface area contributed by atoms with Crippen LogP contribution in [-0.2, 0) is 17.5 Å². The van der Waals surface area contributed by atoms with Gasteiger partial charge in [-0.2, -0.15) is 18.3 Å². The molecule has 1 aromatic rings. The minimum Gasteiger partial charge on any atom is -0.462 e. The minimum absolute atomic E-state index is 0.0129. The van der Waals surface area contributed by atoms with Gasteiger partial charge >= 0.3 is 12.1 Å². The van der Waals surface area contributed by atoms with Crippen molar-refractivity contribution in [2.45, 2.75) is 19.6 Å². The number of aromatic nitrogens is 2. The van der Waals surface area contributed by atoms with Crippen LogP contribution in [0.1, 0.15) is 23.0 Å². The van der Waals surface area contributed by atoms with E-state index in [4.69, 9.17) is 0 Å². The summed E-state index contributed by atoms with van der Waals surface area (Å²) in [6.45, 7) is 1.97. The molecule has 0 fully saturated rings. The molecule has 0 unspecified atom stereocenters. The summed E-state index contributed by atoms with van der Waals surface area (Å²) >= 11 is 0. The molecular formula is C11H16F3N3O2. The smallest absolute Gasteiger partial charge is 0.433 e. The van der Waals surface area contributed by atoms with Crippen molar-refractivity contribution in [3.63, 3.8) is 0 Å². The molecule has 0 spiro atoms. The molecule has 0 aliphatic heterocycles. The van der Waals surface area contributed by atoms with Gasteiger partial charge in [-0.3, -0.25) is 4.68 Å². The van der Waals surface area contributed by atoms with E-state index in [2.05, 4.69) is 9.84 Å². The fraction of sp³-hybridized carbons (Fsp3) is 0.636. The van der Waals surface area contributed by atoms with Gasteiger partial charge in [-0.05, 0) is 21.0 Å². The van der Waals surface area contributed by atoms with Crippen molar-refractivity contribution < 1.29 is 22.7 Å². The summed E-state index contributed by atoms with van der Waals surface area (Å²) in [7, 11) is 3.48. The highest BCUT2D eigenvalue weighted by molar-refractivity contribution is 5.90. The van der Waals surface area contributed by atoms with Gasteiger partial charge in [-0.25, -0.2) is 4.79 Å². The molecule has 5 nitrogen and oxygen atoms in total. The normalized spacial score (nSPS) is 11.9. The first-order valence-electron chi connectivity index (χ1n) is 5.72. The average molecular weight is 279 g/mol. The van der Waals surface area contributed by atoms with E-state index in [0.717, 1.165) is 10.9 Å². The molecule has 0 aliphatic carbocycles. The molecule has 0 saturated carbocycles. The molecule has 0 aliphatic rings. The first-order chi connectivity index (χ1) is 8.77. The molecule has 0 atom stereocenters. The molecule has 0 N–H and O–H groups in total. The van der Waals surface area contributed by atoms with Gasteiger partial charge in [0.1, 0.15) is 5.56 Å². The van der Waals surface area contributed by atoms with Crippen LogP contribution in [0.25, 0.3) is 0 Å². The van der Waals surface area contributed by atoms with Gasteiger partial charge in [0.25, 0.3) is 0 Å². The lowest BCUT2D eigenvalue weighted by Crippen LogP contribution is -2.24. The molecule has 19 heavy (non-hydrogen) atoms. The fourth-order valence-electron chi connectivity index (χ4n) is 1.51. The summed E-state index contributed by atoms with van der Waals surface area (Å²) < 4.78 is 44.3. The number of hydrogen-bond donors (Lipinski definition) is 0. The fourth-order valence-corrected chi connectivity index (χ4v) is 1.51. The third kappa shape index (κ3) is 3.95. The predicted octanol–water partition coefficient (Wildman–Crippen LogP) is 1.64. The van der Waals surface area contributed by atoms with E-state index in [1.165, 1.54) is 6.92 Å². The van der Waals surface area contributed by atoms with E-state index in [0.29, 0.717) is 6.54 Å². The van der Waals surface area contributed by atoms with E-state index >= 15 is 0 Å². The molecule has 108 valence electrons. The summed E-state index contributed by atoms with van der Waals surface area (Å²) in [6, 6.07) is 0. The molecule has 0 radical (unpaired) electrons. The van der Waals surface area contributed by atoms with E-state index in [-0.39, 0.29) is 13.2 Å². The van der Waals surface area contributed by atoms with Crippen molar-refractivity contribution in [2.75, 3.05) is 27.2 Å². The van der Waals surface area contributed by atoms with Gasteiger partial charge in [0.05, 0.1) is 19.3 Å². The minimum atomic E-state index is -4.65. The van der Waals surface area contributed by atoms with Crippen LogP contribution in [0.4, 0.5) is 13.2 Å². The second-order valence-electron chi connectivity index (χ2n) is 4.15. The Hall–Kier alpha value is -1.57. The highest BCUT2D eigenvalue weighted by atomic mass is 19.4. The van der Waals surface area contributed by atoms with Crippen LogP contribution in [-0.4, -0.2) is 47.9 Å². The van der Waals surface area contributed by atoms with Crippen LogP contribution in [0.15, 0.2) is 6.20 Å². The van der Waals surface area contributed by atoms with Gasteiger partial charge in [0.15, 0.2) is 5.69 Å². The summed E-state index contributed by atoms with van der Waals surface area (Å²) in [4.78, 5) is 13.2. The van der Waals surface area contributed by atoms with Crippen LogP contribution in [0, 0.1) is 0 Å². The van der Waals surface area contributed by atoms with Crippen molar-refractivity contribution in [3.8, 4) is 0 Å². The lowest BCUT2D eigenvalue weighted by molar-refractivity contribution is -0.144. The monoisotopic (exact) mass is 279 g/mol. The number of halogens is 3. The topological polar surface area (TPSA) is 47.4 Å². The third-order valence-electron chi connectivity index (χ3n) is 2.36. The molecule has 1 aromatic heterocycles. The Balaban J connectivity index is 3.09. The van der Waals surface area contributed by atoms with Crippen molar-refractivity contribution in [3.05, 3.63) is 17.5 Å². The van der Waals surface area contributed by atoms with Gasteiger partial charge in [0.2, 0.25) is 0 Å². The summed E-state index contributed by atoms with van der Waals surface area (Å²) in [5.74, 6) is -1.01. The van der Waals surface area contributed by atoms with Gasteiger partial charge in [0, 0.05) is 6.54 Å². The Kier molecular flexibility index (Phi) is 4.93. The Morgan fingerprint density at radius 1 is 1.47 bits per heavy atom. The van der Waals surface area contributed by atoms with Crippen LogP contribution < -0.4 is 0 Å². The molecule has 0 amide bonds. The van der Waals surface area contributed by atoms with Crippen molar-refractivity contribution >= 4 is 5.97 Å². The molecule has 0 bridgehead atoms. The molecular weight excluding hydrogens is 263 g/mol. The van der Waals surface area contributed by atoms with Crippen LogP contribution in [0.2, 0.25) is 0 Å². The van der Waals surface area contributed by atoms with Crippen molar-refractivity contribution in [1.29, 1.82) is 0 Å². The quantitative estimate of drug-likeness (QED) is 0.769. The SMILES string of the molecule is CCOC(=O)c1cnn(CCN(C)C)c1C(F)(F)F. The number of alkyl halides is 3. The summed E-state index contributed by atoms with van der Waals surface area (Å²) in [5, 5.41) is 3.63. The summed E-state index contributed by atoms with van der Waals surface area (Å²) in [6.07, 6.45) is -3.75.